The Bertz CT molecular complexity index is 521. The van der Waals surface area contributed by atoms with E-state index in [1.54, 1.807) is 6.20 Å². The minimum atomic E-state index is -0.624. The molecule has 0 saturated carbocycles. The third-order valence-electron chi connectivity index (χ3n) is 2.42. The SMILES string of the molecule is CCOC(OCC)c1nc(-c2cc(C)ccn2)no1. The van der Waals surface area contributed by atoms with E-state index in [-0.39, 0.29) is 0 Å². The molecule has 0 radical (unpaired) electrons. The van der Waals surface area contributed by atoms with Gasteiger partial charge in [0.25, 0.3) is 5.89 Å². The molecule has 0 atom stereocenters. The van der Waals surface area contributed by atoms with Crippen LogP contribution in [0.15, 0.2) is 22.9 Å². The standard InChI is InChI=1S/C13H17N3O3/c1-4-17-13(18-5-2)12-15-11(16-19-12)10-8-9(3)6-7-14-10/h6-8,13H,4-5H2,1-3H3. The summed E-state index contributed by atoms with van der Waals surface area (Å²) in [5, 5.41) is 3.90. The quantitative estimate of drug-likeness (QED) is 0.746. The Labute approximate surface area is 111 Å². The summed E-state index contributed by atoms with van der Waals surface area (Å²) in [5.41, 5.74) is 1.75. The van der Waals surface area contributed by atoms with Crippen molar-refractivity contribution in [1.82, 2.24) is 15.1 Å². The van der Waals surface area contributed by atoms with E-state index in [0.29, 0.717) is 30.6 Å². The van der Waals surface area contributed by atoms with Crippen molar-refractivity contribution in [1.29, 1.82) is 0 Å². The maximum absolute atomic E-state index is 5.40. The lowest BCUT2D eigenvalue weighted by Gasteiger charge is -2.11. The van der Waals surface area contributed by atoms with E-state index in [2.05, 4.69) is 15.1 Å². The third kappa shape index (κ3) is 3.36. The molecule has 2 heterocycles. The van der Waals surface area contributed by atoms with Crippen LogP contribution in [0.4, 0.5) is 0 Å². The molecule has 0 fully saturated rings. The summed E-state index contributed by atoms with van der Waals surface area (Å²) in [6.07, 6.45) is 1.09. The first kappa shape index (κ1) is 13.6. The van der Waals surface area contributed by atoms with E-state index in [0.717, 1.165) is 5.56 Å². The van der Waals surface area contributed by atoms with Crippen LogP contribution in [0, 0.1) is 6.92 Å². The molecule has 2 aromatic rings. The van der Waals surface area contributed by atoms with Gasteiger partial charge in [0.2, 0.25) is 12.1 Å². The molecule has 6 heteroatoms. The zero-order valence-corrected chi connectivity index (χ0v) is 11.3. The number of aromatic nitrogens is 3. The summed E-state index contributed by atoms with van der Waals surface area (Å²) in [7, 11) is 0. The monoisotopic (exact) mass is 263 g/mol. The number of hydrogen-bond acceptors (Lipinski definition) is 6. The predicted molar refractivity (Wildman–Crippen MR) is 68.3 cm³/mol. The minimum absolute atomic E-state index is 0.307. The van der Waals surface area contributed by atoms with Crippen molar-refractivity contribution in [2.45, 2.75) is 27.1 Å². The van der Waals surface area contributed by atoms with Gasteiger partial charge in [0.1, 0.15) is 5.69 Å². The van der Waals surface area contributed by atoms with Crippen molar-refractivity contribution in [3.05, 3.63) is 29.8 Å². The molecular weight excluding hydrogens is 246 g/mol. The topological polar surface area (TPSA) is 70.3 Å². The van der Waals surface area contributed by atoms with Gasteiger partial charge in [-0.2, -0.15) is 4.98 Å². The summed E-state index contributed by atoms with van der Waals surface area (Å²) < 4.78 is 16.0. The highest BCUT2D eigenvalue weighted by molar-refractivity contribution is 5.48. The van der Waals surface area contributed by atoms with Crippen LogP contribution in [0.25, 0.3) is 11.5 Å². The molecule has 0 saturated heterocycles. The van der Waals surface area contributed by atoms with Crippen molar-refractivity contribution < 1.29 is 14.0 Å². The molecule has 2 rings (SSSR count). The smallest absolute Gasteiger partial charge is 0.284 e. The fraction of sp³-hybridized carbons (Fsp3) is 0.462. The van der Waals surface area contributed by atoms with Gasteiger partial charge in [-0.3, -0.25) is 4.98 Å². The van der Waals surface area contributed by atoms with Gasteiger partial charge in [-0.25, -0.2) is 0 Å². The average molecular weight is 263 g/mol. The molecular formula is C13H17N3O3. The first-order valence-electron chi connectivity index (χ1n) is 6.24. The van der Waals surface area contributed by atoms with E-state index < -0.39 is 6.29 Å². The molecule has 6 nitrogen and oxygen atoms in total. The molecule has 0 N–H and O–H groups in total. The van der Waals surface area contributed by atoms with E-state index in [1.807, 2.05) is 32.9 Å². The van der Waals surface area contributed by atoms with Crippen molar-refractivity contribution in [2.75, 3.05) is 13.2 Å². The van der Waals surface area contributed by atoms with Crippen LogP contribution < -0.4 is 0 Å². The predicted octanol–water partition coefficient (Wildman–Crippen LogP) is 2.51. The van der Waals surface area contributed by atoms with Gasteiger partial charge in [0, 0.05) is 19.4 Å². The first-order chi connectivity index (χ1) is 9.24. The Morgan fingerprint density at radius 3 is 2.63 bits per heavy atom. The number of hydrogen-bond donors (Lipinski definition) is 0. The largest absolute Gasteiger partial charge is 0.345 e. The van der Waals surface area contributed by atoms with Crippen molar-refractivity contribution in [3.8, 4) is 11.5 Å². The van der Waals surface area contributed by atoms with Crippen LogP contribution in [0.2, 0.25) is 0 Å². The molecule has 0 bridgehead atoms. The van der Waals surface area contributed by atoms with Crippen LogP contribution in [0.1, 0.15) is 31.6 Å². The highest BCUT2D eigenvalue weighted by Gasteiger charge is 2.20. The second kappa shape index (κ2) is 6.40. The Hall–Kier alpha value is -1.79. The minimum Gasteiger partial charge on any atom is -0.345 e. The Morgan fingerprint density at radius 2 is 2.00 bits per heavy atom. The number of pyridine rings is 1. The summed E-state index contributed by atoms with van der Waals surface area (Å²) >= 11 is 0. The second-order valence-electron chi connectivity index (χ2n) is 3.92. The van der Waals surface area contributed by atoms with Crippen molar-refractivity contribution in [3.63, 3.8) is 0 Å². The van der Waals surface area contributed by atoms with E-state index in [9.17, 15) is 0 Å². The van der Waals surface area contributed by atoms with Crippen LogP contribution >= 0.6 is 0 Å². The van der Waals surface area contributed by atoms with Crippen molar-refractivity contribution in [2.24, 2.45) is 0 Å². The molecule has 0 aromatic carbocycles. The van der Waals surface area contributed by atoms with Crippen LogP contribution in [-0.4, -0.2) is 28.3 Å². The number of aryl methyl sites for hydroxylation is 1. The molecule has 0 spiro atoms. The Kier molecular flexibility index (Phi) is 4.59. The summed E-state index contributed by atoms with van der Waals surface area (Å²) in [6, 6.07) is 3.80. The molecule has 0 aliphatic heterocycles. The highest BCUT2D eigenvalue weighted by Crippen LogP contribution is 2.20. The van der Waals surface area contributed by atoms with Gasteiger partial charge >= 0.3 is 0 Å². The Morgan fingerprint density at radius 1 is 1.26 bits per heavy atom. The van der Waals surface area contributed by atoms with E-state index >= 15 is 0 Å². The van der Waals surface area contributed by atoms with Gasteiger partial charge in [-0.05, 0) is 38.5 Å². The maximum Gasteiger partial charge on any atom is 0.284 e. The van der Waals surface area contributed by atoms with Gasteiger partial charge in [0.15, 0.2) is 0 Å². The fourth-order valence-corrected chi connectivity index (χ4v) is 1.59. The summed E-state index contributed by atoms with van der Waals surface area (Å²) in [4.78, 5) is 8.48. The van der Waals surface area contributed by atoms with Crippen molar-refractivity contribution >= 4 is 0 Å². The van der Waals surface area contributed by atoms with Gasteiger partial charge < -0.3 is 14.0 Å². The van der Waals surface area contributed by atoms with Gasteiger partial charge in [-0.1, -0.05) is 5.16 Å². The molecule has 0 aliphatic carbocycles. The molecule has 0 unspecified atom stereocenters. The lowest BCUT2D eigenvalue weighted by Crippen LogP contribution is -2.09. The fourth-order valence-electron chi connectivity index (χ4n) is 1.59. The lowest BCUT2D eigenvalue weighted by molar-refractivity contribution is -0.155. The number of ether oxygens (including phenoxy) is 2. The lowest BCUT2D eigenvalue weighted by atomic mass is 10.2. The molecule has 19 heavy (non-hydrogen) atoms. The average Bonchev–Trinajstić information content (AvgIpc) is 2.88. The van der Waals surface area contributed by atoms with Gasteiger partial charge in [-0.15, -0.1) is 0 Å². The second-order valence-corrected chi connectivity index (χ2v) is 3.92. The first-order valence-corrected chi connectivity index (χ1v) is 6.24. The summed E-state index contributed by atoms with van der Waals surface area (Å²) in [5.74, 6) is 0.741. The van der Waals surface area contributed by atoms with Gasteiger partial charge in [0.05, 0.1) is 0 Å². The number of rotatable bonds is 6. The third-order valence-corrected chi connectivity index (χ3v) is 2.42. The number of nitrogens with zero attached hydrogens (tertiary/aromatic N) is 3. The van der Waals surface area contributed by atoms with Crippen LogP contribution in [0.5, 0.6) is 0 Å². The zero-order valence-electron chi connectivity index (χ0n) is 11.3. The van der Waals surface area contributed by atoms with E-state index in [4.69, 9.17) is 14.0 Å². The Balaban J connectivity index is 2.22. The van der Waals surface area contributed by atoms with Crippen LogP contribution in [-0.2, 0) is 9.47 Å². The van der Waals surface area contributed by atoms with E-state index in [1.165, 1.54) is 0 Å². The molecule has 102 valence electrons. The molecule has 0 amide bonds. The molecule has 0 aliphatic rings. The molecule has 2 aromatic heterocycles. The maximum atomic E-state index is 5.40. The van der Waals surface area contributed by atoms with Crippen LogP contribution in [0.3, 0.4) is 0 Å². The normalized spacial score (nSPS) is 11.2. The summed E-state index contributed by atoms with van der Waals surface area (Å²) in [6.45, 7) is 6.75. The highest BCUT2D eigenvalue weighted by atomic mass is 16.7. The zero-order chi connectivity index (χ0) is 13.7.